The quantitative estimate of drug-likeness (QED) is 0.573. The first-order valence-electron chi connectivity index (χ1n) is 0.894. The van der Waals surface area contributed by atoms with E-state index >= 15 is 0 Å². The molecule has 0 saturated heterocycles. The largest absolute Gasteiger partial charge is 0.147 e. The second kappa shape index (κ2) is 66.5. The van der Waals surface area contributed by atoms with Crippen LogP contribution in [0.5, 0.6) is 0 Å². The Labute approximate surface area is 83.8 Å². The lowest BCUT2D eigenvalue weighted by molar-refractivity contribution is 2.32. The molecule has 0 aromatic heterocycles. The average Bonchev–Trinajstić information content (AvgIpc) is 0.918. The van der Waals surface area contributed by atoms with E-state index in [9.17, 15) is 0 Å². The summed E-state index contributed by atoms with van der Waals surface area (Å²) in [4.78, 5) is 0. The van der Waals surface area contributed by atoms with Crippen molar-refractivity contribution in [3.8, 4) is 0 Å². The molecule has 0 fully saturated rings. The number of rotatable bonds is 0. The normalized spacial score (nSPS) is 2.25. The second-order valence-corrected chi connectivity index (χ2v) is 1.34. The van der Waals surface area contributed by atoms with Crippen LogP contribution < -0.4 is 0 Å². The first-order valence-corrected chi connectivity index (χ1v) is 2.68. The molecule has 0 bridgehead atoms. The van der Waals surface area contributed by atoms with E-state index in [2.05, 4.69) is 13.3 Å². The zero-order valence-electron chi connectivity index (χ0n) is 4.49. The third-order valence-corrected chi connectivity index (χ3v) is 0. The molecule has 0 aliphatic heterocycles. The highest BCUT2D eigenvalue weighted by Crippen LogP contribution is 1.84. The minimum Gasteiger partial charge on any atom is -0.147 e. The molecule has 0 amide bonds. The highest BCUT2D eigenvalue weighted by atomic mass is 35.5. The van der Waals surface area contributed by atoms with Gasteiger partial charge in [-0.15, -0.1) is 62.0 Å². The van der Waals surface area contributed by atoms with Crippen LogP contribution in [-0.2, 0) is 0 Å². The van der Waals surface area contributed by atoms with Gasteiger partial charge in [0.2, 0.25) is 0 Å². The highest BCUT2D eigenvalue weighted by Gasteiger charge is 1.35. The van der Waals surface area contributed by atoms with Crippen molar-refractivity contribution in [2.75, 3.05) is 13.3 Å². The van der Waals surface area contributed by atoms with Gasteiger partial charge >= 0.3 is 0 Å². The van der Waals surface area contributed by atoms with Crippen molar-refractivity contribution < 1.29 is 0 Å². The minimum absolute atomic E-state index is 0. The SMILES string of the molecule is C[P]C.Cl.Cl.Cl.Cl.Cl. The molecule has 0 unspecified atom stereocenters. The van der Waals surface area contributed by atoms with Crippen LogP contribution in [0.3, 0.4) is 0 Å². The van der Waals surface area contributed by atoms with Gasteiger partial charge in [-0.05, 0) is 13.3 Å². The van der Waals surface area contributed by atoms with Crippen LogP contribution in [0.2, 0.25) is 0 Å². The van der Waals surface area contributed by atoms with E-state index in [-0.39, 0.29) is 62.0 Å². The summed E-state index contributed by atoms with van der Waals surface area (Å²) in [6, 6.07) is 0. The maximum absolute atomic E-state index is 2.10. The van der Waals surface area contributed by atoms with E-state index in [1.165, 1.54) is 8.58 Å². The van der Waals surface area contributed by atoms with Gasteiger partial charge in [-0.3, -0.25) is 0 Å². The fraction of sp³-hybridized carbons (Fsp3) is 1.00. The fourth-order valence-electron chi connectivity index (χ4n) is 0. The van der Waals surface area contributed by atoms with Crippen molar-refractivity contribution in [1.82, 2.24) is 0 Å². The molecular weight excluding hydrogens is 232 g/mol. The van der Waals surface area contributed by atoms with Crippen LogP contribution in [-0.4, -0.2) is 13.3 Å². The Morgan fingerprint density at radius 3 is 0.625 bits per heavy atom. The molecule has 0 saturated carbocycles. The van der Waals surface area contributed by atoms with Gasteiger partial charge < -0.3 is 0 Å². The average molecular weight is 243 g/mol. The molecule has 8 heavy (non-hydrogen) atoms. The van der Waals surface area contributed by atoms with Gasteiger partial charge in [0.25, 0.3) is 0 Å². The van der Waals surface area contributed by atoms with E-state index < -0.39 is 0 Å². The summed E-state index contributed by atoms with van der Waals surface area (Å²) in [5.41, 5.74) is 0. The predicted octanol–water partition coefficient (Wildman–Crippen LogP) is 3.30. The Morgan fingerprint density at radius 2 is 0.625 bits per heavy atom. The van der Waals surface area contributed by atoms with Crippen molar-refractivity contribution in [3.63, 3.8) is 0 Å². The second-order valence-electron chi connectivity index (χ2n) is 0.447. The van der Waals surface area contributed by atoms with Gasteiger partial charge in [-0.1, -0.05) is 8.58 Å². The van der Waals surface area contributed by atoms with Gasteiger partial charge in [0.15, 0.2) is 0 Å². The van der Waals surface area contributed by atoms with Gasteiger partial charge in [0.1, 0.15) is 0 Å². The summed E-state index contributed by atoms with van der Waals surface area (Å²) in [5, 5.41) is 0. The topological polar surface area (TPSA) is 0 Å². The van der Waals surface area contributed by atoms with Crippen LogP contribution >= 0.6 is 70.6 Å². The Balaban J connectivity index is -0.00000000200. The summed E-state index contributed by atoms with van der Waals surface area (Å²) in [6.07, 6.45) is 0. The Morgan fingerprint density at radius 1 is 0.625 bits per heavy atom. The molecule has 0 spiro atoms. The third kappa shape index (κ3) is 106. The summed E-state index contributed by atoms with van der Waals surface area (Å²) >= 11 is 0. The van der Waals surface area contributed by atoms with Gasteiger partial charge in [-0.25, -0.2) is 0 Å². The third-order valence-electron chi connectivity index (χ3n) is 0. The Bertz CT molecular complexity index is 10.4. The molecule has 6 heteroatoms. The monoisotopic (exact) mass is 241 g/mol. The lowest BCUT2D eigenvalue weighted by atomic mass is 11.9. The standard InChI is InChI=1S/C2H6P.5ClH/c1-3-2;;;;;/h1-2H3;5*1H. The molecule has 0 rings (SSSR count). The summed E-state index contributed by atoms with van der Waals surface area (Å²) in [7, 11) is 1.42. The lowest BCUT2D eigenvalue weighted by Crippen LogP contribution is -1.18. The molecule has 0 aliphatic rings. The first-order chi connectivity index (χ1) is 1.41. The molecule has 0 heterocycles. The maximum Gasteiger partial charge on any atom is -0.0408 e. The number of halogens is 5. The fourth-order valence-corrected chi connectivity index (χ4v) is 0. The Kier molecular flexibility index (Phi) is 430. The van der Waals surface area contributed by atoms with Crippen LogP contribution in [0.4, 0.5) is 0 Å². The zero-order chi connectivity index (χ0) is 2.71. The molecule has 0 aromatic carbocycles. The van der Waals surface area contributed by atoms with Crippen LogP contribution in [0.1, 0.15) is 0 Å². The molecule has 0 nitrogen and oxygen atoms in total. The van der Waals surface area contributed by atoms with Crippen molar-refractivity contribution in [3.05, 3.63) is 0 Å². The highest BCUT2D eigenvalue weighted by molar-refractivity contribution is 7.35. The van der Waals surface area contributed by atoms with Crippen LogP contribution in [0.15, 0.2) is 0 Å². The number of hydrogen-bond donors (Lipinski definition) is 0. The molecular formula is C2H11Cl5P. The Hall–Kier alpha value is 1.88. The summed E-state index contributed by atoms with van der Waals surface area (Å²) in [6.45, 7) is 4.19. The van der Waals surface area contributed by atoms with E-state index in [0.717, 1.165) is 0 Å². The molecule has 0 N–H and O–H groups in total. The lowest BCUT2D eigenvalue weighted by Gasteiger charge is -1.48. The molecule has 59 valence electrons. The van der Waals surface area contributed by atoms with E-state index in [1.807, 2.05) is 0 Å². The molecule has 0 aliphatic carbocycles. The van der Waals surface area contributed by atoms with E-state index in [0.29, 0.717) is 0 Å². The summed E-state index contributed by atoms with van der Waals surface area (Å²) < 4.78 is 0. The van der Waals surface area contributed by atoms with Crippen molar-refractivity contribution in [1.29, 1.82) is 0 Å². The van der Waals surface area contributed by atoms with E-state index in [1.54, 1.807) is 0 Å². The van der Waals surface area contributed by atoms with Crippen molar-refractivity contribution in [2.45, 2.75) is 0 Å². The van der Waals surface area contributed by atoms with Crippen LogP contribution in [0.25, 0.3) is 0 Å². The predicted molar refractivity (Wildman–Crippen MR) is 55.0 cm³/mol. The smallest absolute Gasteiger partial charge is 0.0408 e. The molecule has 0 aromatic rings. The van der Waals surface area contributed by atoms with Gasteiger partial charge in [-0.2, -0.15) is 0 Å². The summed E-state index contributed by atoms with van der Waals surface area (Å²) in [5.74, 6) is 0. The minimum atomic E-state index is 0. The van der Waals surface area contributed by atoms with Crippen molar-refractivity contribution >= 4 is 70.6 Å². The first kappa shape index (κ1) is 51.8. The maximum atomic E-state index is 2.10. The van der Waals surface area contributed by atoms with Crippen molar-refractivity contribution in [2.24, 2.45) is 0 Å². The van der Waals surface area contributed by atoms with E-state index in [4.69, 9.17) is 0 Å². The van der Waals surface area contributed by atoms with Crippen LogP contribution in [0, 0.1) is 0 Å². The molecule has 1 radical (unpaired) electrons. The zero-order valence-corrected chi connectivity index (χ0v) is 9.47. The van der Waals surface area contributed by atoms with Gasteiger partial charge in [0.05, 0.1) is 0 Å². The molecule has 0 atom stereocenters. The van der Waals surface area contributed by atoms with Gasteiger partial charge in [0, 0.05) is 0 Å². The number of hydrogen-bond acceptors (Lipinski definition) is 0.